The zero-order valence-electron chi connectivity index (χ0n) is 12.8. The van der Waals surface area contributed by atoms with Crippen LogP contribution in [-0.4, -0.2) is 37.4 Å². The van der Waals surface area contributed by atoms with Crippen LogP contribution in [0, 0.1) is 0 Å². The van der Waals surface area contributed by atoms with Crippen LogP contribution in [-0.2, 0) is 23.2 Å². The van der Waals surface area contributed by atoms with Gasteiger partial charge < -0.3 is 0 Å². The summed E-state index contributed by atoms with van der Waals surface area (Å²) < 4.78 is 1.58. The van der Waals surface area contributed by atoms with E-state index < -0.39 is 23.9 Å². The molecule has 7 nitrogen and oxygen atoms in total. The Balaban J connectivity index is 1.85. The van der Waals surface area contributed by atoms with Crippen molar-refractivity contribution in [2.24, 2.45) is 7.05 Å². The number of carbonyl (C=O) groups excluding carboxylic acids is 3. The van der Waals surface area contributed by atoms with Crippen LogP contribution in [0.4, 0.5) is 4.79 Å². The smallest absolute Gasteiger partial charge is 0.275 e. The van der Waals surface area contributed by atoms with Gasteiger partial charge in [0.1, 0.15) is 0 Å². The summed E-state index contributed by atoms with van der Waals surface area (Å²) in [7, 11) is 1.74. The number of benzene rings is 1. The lowest BCUT2D eigenvalue weighted by Crippen LogP contribution is -2.35. The first kappa shape index (κ1) is 15.0. The molecule has 1 fully saturated rings. The highest BCUT2D eigenvalue weighted by Crippen LogP contribution is 2.26. The molecule has 1 saturated heterocycles. The highest BCUT2D eigenvalue weighted by molar-refractivity contribution is 6.44. The van der Waals surface area contributed by atoms with Crippen molar-refractivity contribution in [1.29, 1.82) is 0 Å². The lowest BCUT2D eigenvalue weighted by Gasteiger charge is -2.22. The SMILES string of the molecule is C[C@H](c1ccccc1)N1C(=O)C(=O)N(Cc2cnn(C)c2)C1=O. The fourth-order valence-corrected chi connectivity index (χ4v) is 2.62. The normalized spacial score (nSPS) is 16.3. The third kappa shape index (κ3) is 2.61. The number of hydrogen-bond acceptors (Lipinski definition) is 4. The zero-order chi connectivity index (χ0) is 16.6. The van der Waals surface area contributed by atoms with Gasteiger partial charge >= 0.3 is 17.8 Å². The zero-order valence-corrected chi connectivity index (χ0v) is 12.8. The second-order valence-electron chi connectivity index (χ2n) is 5.46. The van der Waals surface area contributed by atoms with E-state index in [0.717, 1.165) is 15.4 Å². The lowest BCUT2D eigenvalue weighted by atomic mass is 10.1. The van der Waals surface area contributed by atoms with Gasteiger partial charge in [-0.2, -0.15) is 5.10 Å². The standard InChI is InChI=1S/C16H16N4O3/c1-11(13-6-4-3-5-7-13)20-15(22)14(21)19(16(20)23)10-12-8-17-18(2)9-12/h3-9,11H,10H2,1-2H3/t11-/m1/s1. The Bertz CT molecular complexity index is 769. The predicted molar refractivity (Wildman–Crippen MR) is 80.9 cm³/mol. The topological polar surface area (TPSA) is 75.5 Å². The quantitative estimate of drug-likeness (QED) is 0.633. The van der Waals surface area contributed by atoms with Crippen LogP contribution in [0.25, 0.3) is 0 Å². The van der Waals surface area contributed by atoms with E-state index >= 15 is 0 Å². The number of imide groups is 2. The van der Waals surface area contributed by atoms with Gasteiger partial charge in [-0.1, -0.05) is 30.3 Å². The fourth-order valence-electron chi connectivity index (χ4n) is 2.62. The first-order valence-electron chi connectivity index (χ1n) is 7.20. The monoisotopic (exact) mass is 312 g/mol. The molecular weight excluding hydrogens is 296 g/mol. The van der Waals surface area contributed by atoms with Crippen molar-refractivity contribution in [3.8, 4) is 0 Å². The van der Waals surface area contributed by atoms with Gasteiger partial charge in [0.15, 0.2) is 0 Å². The van der Waals surface area contributed by atoms with Crippen molar-refractivity contribution in [1.82, 2.24) is 19.6 Å². The number of carbonyl (C=O) groups is 3. The fraction of sp³-hybridized carbons (Fsp3) is 0.250. The maximum absolute atomic E-state index is 12.5. The highest BCUT2D eigenvalue weighted by Gasteiger charge is 2.46. The molecule has 4 amide bonds. The van der Waals surface area contributed by atoms with Crippen LogP contribution in [0.3, 0.4) is 0 Å². The van der Waals surface area contributed by atoms with E-state index in [2.05, 4.69) is 5.10 Å². The summed E-state index contributed by atoms with van der Waals surface area (Å²) in [5, 5.41) is 4.00. The molecule has 0 bridgehead atoms. The summed E-state index contributed by atoms with van der Waals surface area (Å²) >= 11 is 0. The molecule has 118 valence electrons. The molecule has 1 aliphatic rings. The van der Waals surface area contributed by atoms with Gasteiger partial charge in [-0.25, -0.2) is 9.69 Å². The van der Waals surface area contributed by atoms with E-state index in [9.17, 15) is 14.4 Å². The average molecular weight is 312 g/mol. The summed E-state index contributed by atoms with van der Waals surface area (Å²) in [5.41, 5.74) is 1.49. The molecule has 0 saturated carbocycles. The van der Waals surface area contributed by atoms with Crippen molar-refractivity contribution in [3.63, 3.8) is 0 Å². The highest BCUT2D eigenvalue weighted by atomic mass is 16.2. The second kappa shape index (κ2) is 5.68. The summed E-state index contributed by atoms with van der Waals surface area (Å²) in [6.45, 7) is 1.77. The number of aryl methyl sites for hydroxylation is 1. The van der Waals surface area contributed by atoms with E-state index in [1.807, 2.05) is 30.3 Å². The maximum Gasteiger partial charge on any atom is 0.335 e. The van der Waals surface area contributed by atoms with Gasteiger partial charge in [-0.3, -0.25) is 19.2 Å². The number of urea groups is 1. The minimum absolute atomic E-state index is 0.0370. The number of hydrogen-bond donors (Lipinski definition) is 0. The molecule has 1 aromatic heterocycles. The molecule has 0 unspecified atom stereocenters. The molecule has 0 aliphatic carbocycles. The van der Waals surface area contributed by atoms with E-state index in [-0.39, 0.29) is 6.54 Å². The molecule has 0 radical (unpaired) electrons. The first-order valence-corrected chi connectivity index (χ1v) is 7.20. The molecule has 2 heterocycles. The number of nitrogens with zero attached hydrogens (tertiary/aromatic N) is 4. The predicted octanol–water partition coefficient (Wildman–Crippen LogP) is 1.47. The van der Waals surface area contributed by atoms with Crippen molar-refractivity contribution in [2.75, 3.05) is 0 Å². The minimum Gasteiger partial charge on any atom is -0.275 e. The van der Waals surface area contributed by atoms with Crippen molar-refractivity contribution in [2.45, 2.75) is 19.5 Å². The molecule has 7 heteroatoms. The van der Waals surface area contributed by atoms with Crippen molar-refractivity contribution < 1.29 is 14.4 Å². The van der Waals surface area contributed by atoms with Crippen LogP contribution in [0.1, 0.15) is 24.1 Å². The molecule has 3 rings (SSSR count). The van der Waals surface area contributed by atoms with Gasteiger partial charge in [0, 0.05) is 18.8 Å². The Labute approximate surface area is 133 Å². The summed E-state index contributed by atoms with van der Waals surface area (Å²) in [6.07, 6.45) is 3.27. The number of amides is 4. The third-order valence-corrected chi connectivity index (χ3v) is 3.85. The van der Waals surface area contributed by atoms with Crippen LogP contribution in [0.5, 0.6) is 0 Å². The second-order valence-corrected chi connectivity index (χ2v) is 5.46. The van der Waals surface area contributed by atoms with Crippen LogP contribution < -0.4 is 0 Å². The lowest BCUT2D eigenvalue weighted by molar-refractivity contribution is -0.144. The summed E-state index contributed by atoms with van der Waals surface area (Å²) in [4.78, 5) is 38.9. The number of rotatable bonds is 4. The van der Waals surface area contributed by atoms with E-state index in [1.54, 1.807) is 31.0 Å². The minimum atomic E-state index is -0.804. The van der Waals surface area contributed by atoms with E-state index in [4.69, 9.17) is 0 Å². The van der Waals surface area contributed by atoms with Gasteiger partial charge in [-0.05, 0) is 12.5 Å². The van der Waals surface area contributed by atoms with Crippen LogP contribution in [0.15, 0.2) is 42.7 Å². The molecular formula is C16H16N4O3. The summed E-state index contributed by atoms with van der Waals surface area (Å²) in [6, 6.07) is 8.04. The molecule has 1 aliphatic heterocycles. The van der Waals surface area contributed by atoms with Crippen molar-refractivity contribution in [3.05, 3.63) is 53.9 Å². The molecule has 23 heavy (non-hydrogen) atoms. The molecule has 1 aromatic carbocycles. The Morgan fingerprint density at radius 3 is 2.39 bits per heavy atom. The van der Waals surface area contributed by atoms with Crippen LogP contribution in [0.2, 0.25) is 0 Å². The Morgan fingerprint density at radius 1 is 1.09 bits per heavy atom. The average Bonchev–Trinajstić information content (AvgIpc) is 3.05. The van der Waals surface area contributed by atoms with Gasteiger partial charge in [0.05, 0.1) is 18.8 Å². The van der Waals surface area contributed by atoms with Gasteiger partial charge in [0.2, 0.25) is 0 Å². The maximum atomic E-state index is 12.5. The Morgan fingerprint density at radius 2 is 1.78 bits per heavy atom. The Kier molecular flexibility index (Phi) is 3.69. The van der Waals surface area contributed by atoms with E-state index in [1.165, 1.54) is 0 Å². The van der Waals surface area contributed by atoms with Gasteiger partial charge in [0.25, 0.3) is 0 Å². The molecule has 2 aromatic rings. The first-order chi connectivity index (χ1) is 11.0. The largest absolute Gasteiger partial charge is 0.335 e. The number of aromatic nitrogens is 2. The van der Waals surface area contributed by atoms with Gasteiger partial charge in [-0.15, -0.1) is 0 Å². The van der Waals surface area contributed by atoms with Crippen molar-refractivity contribution >= 4 is 17.8 Å². The molecule has 0 N–H and O–H groups in total. The van der Waals surface area contributed by atoms with E-state index in [0.29, 0.717) is 5.56 Å². The summed E-state index contributed by atoms with van der Waals surface area (Å²) in [5.74, 6) is -1.60. The Hall–Kier alpha value is -2.96. The van der Waals surface area contributed by atoms with Crippen LogP contribution >= 0.6 is 0 Å². The third-order valence-electron chi connectivity index (χ3n) is 3.85. The molecule has 0 spiro atoms. The molecule has 1 atom stereocenters.